The number of hydrogen-bond acceptors (Lipinski definition) is 5. The molecule has 0 aromatic heterocycles. The van der Waals surface area contributed by atoms with Gasteiger partial charge in [-0.3, -0.25) is 9.59 Å². The molecule has 0 fully saturated rings. The summed E-state index contributed by atoms with van der Waals surface area (Å²) in [5.74, 6) is 0.526. The van der Waals surface area contributed by atoms with Crippen LogP contribution in [0.3, 0.4) is 0 Å². The molecular weight excluding hydrogens is 346 g/mol. The van der Waals surface area contributed by atoms with Crippen LogP contribution in [0.15, 0.2) is 42.5 Å². The van der Waals surface area contributed by atoms with Gasteiger partial charge in [-0.2, -0.15) is 0 Å². The van der Waals surface area contributed by atoms with Gasteiger partial charge in [0.15, 0.2) is 11.5 Å². The molecule has 0 spiro atoms. The van der Waals surface area contributed by atoms with Gasteiger partial charge in [0.2, 0.25) is 5.91 Å². The van der Waals surface area contributed by atoms with Crippen LogP contribution < -0.4 is 14.4 Å². The van der Waals surface area contributed by atoms with Gasteiger partial charge < -0.3 is 14.2 Å². The number of anilines is 1. The molecule has 0 unspecified atom stereocenters. The third kappa shape index (κ3) is 3.14. The molecule has 140 valence electrons. The first-order valence-electron chi connectivity index (χ1n) is 8.57. The summed E-state index contributed by atoms with van der Waals surface area (Å²) in [6.07, 6.45) is 0. The van der Waals surface area contributed by atoms with Crippen LogP contribution in [-0.2, 0) is 14.3 Å². The van der Waals surface area contributed by atoms with E-state index in [1.165, 1.54) is 21.1 Å². The third-order valence-electron chi connectivity index (χ3n) is 4.30. The minimum absolute atomic E-state index is 0.328. The van der Waals surface area contributed by atoms with Crippen LogP contribution in [0.5, 0.6) is 11.5 Å². The number of nitrogens with zero attached hydrogens (tertiary/aromatic N) is 1. The largest absolute Gasteiger partial charge is 0.493 e. The third-order valence-corrected chi connectivity index (χ3v) is 4.30. The van der Waals surface area contributed by atoms with Gasteiger partial charge in [-0.1, -0.05) is 30.3 Å². The Morgan fingerprint density at radius 3 is 2.22 bits per heavy atom. The highest BCUT2D eigenvalue weighted by atomic mass is 16.5. The molecule has 6 nitrogen and oxygen atoms in total. The van der Waals surface area contributed by atoms with Crippen molar-refractivity contribution >= 4 is 28.8 Å². The highest BCUT2D eigenvalue weighted by Crippen LogP contribution is 2.46. The molecule has 0 saturated carbocycles. The second-order valence-corrected chi connectivity index (χ2v) is 5.89. The second kappa shape index (κ2) is 7.53. The van der Waals surface area contributed by atoms with Crippen molar-refractivity contribution in [3.63, 3.8) is 0 Å². The maximum atomic E-state index is 13.2. The van der Waals surface area contributed by atoms with Crippen LogP contribution in [0.2, 0.25) is 0 Å². The minimum atomic E-state index is -0.430. The van der Waals surface area contributed by atoms with Crippen LogP contribution in [0, 0.1) is 0 Å². The topological polar surface area (TPSA) is 65.1 Å². The Labute approximate surface area is 158 Å². The van der Waals surface area contributed by atoms with Crippen LogP contribution in [0.4, 0.5) is 5.69 Å². The molecule has 0 aliphatic carbocycles. The quantitative estimate of drug-likeness (QED) is 0.598. The summed E-state index contributed by atoms with van der Waals surface area (Å²) < 4.78 is 16.6. The molecule has 3 rings (SSSR count). The van der Waals surface area contributed by atoms with Gasteiger partial charge in [-0.25, -0.2) is 4.90 Å². The van der Waals surface area contributed by atoms with Crippen molar-refractivity contribution in [1.82, 2.24) is 0 Å². The SMILES string of the molecule is CCOC(=C1C(=O)N(C(C)=O)c2cc(OC)c(OC)cc21)c1ccccc1. The Hall–Kier alpha value is -3.28. The minimum Gasteiger partial charge on any atom is -0.493 e. The first-order valence-corrected chi connectivity index (χ1v) is 8.57. The summed E-state index contributed by atoms with van der Waals surface area (Å²) >= 11 is 0. The lowest BCUT2D eigenvalue weighted by molar-refractivity contribution is -0.122. The van der Waals surface area contributed by atoms with Gasteiger partial charge >= 0.3 is 0 Å². The lowest BCUT2D eigenvalue weighted by Gasteiger charge is -2.14. The molecule has 0 radical (unpaired) electrons. The number of amides is 2. The maximum Gasteiger partial charge on any atom is 0.269 e. The highest BCUT2D eigenvalue weighted by Gasteiger charge is 2.39. The van der Waals surface area contributed by atoms with Gasteiger partial charge in [0.25, 0.3) is 5.91 Å². The van der Waals surface area contributed by atoms with E-state index in [0.717, 1.165) is 10.5 Å². The van der Waals surface area contributed by atoms with Gasteiger partial charge in [0, 0.05) is 24.1 Å². The number of carbonyl (C=O) groups excluding carboxylic acids is 2. The summed E-state index contributed by atoms with van der Waals surface area (Å²) in [5, 5.41) is 0. The van der Waals surface area contributed by atoms with Gasteiger partial charge in [-0.05, 0) is 13.0 Å². The van der Waals surface area contributed by atoms with E-state index in [0.29, 0.717) is 40.7 Å². The second-order valence-electron chi connectivity index (χ2n) is 5.89. The smallest absolute Gasteiger partial charge is 0.269 e. The summed E-state index contributed by atoms with van der Waals surface area (Å²) in [7, 11) is 3.03. The fraction of sp³-hybridized carbons (Fsp3) is 0.238. The zero-order chi connectivity index (χ0) is 19.6. The number of ether oxygens (including phenoxy) is 3. The Bertz CT molecular complexity index is 918. The number of methoxy groups -OCH3 is 2. The van der Waals surface area contributed by atoms with Gasteiger partial charge in [-0.15, -0.1) is 0 Å². The van der Waals surface area contributed by atoms with Crippen molar-refractivity contribution in [2.24, 2.45) is 0 Å². The Morgan fingerprint density at radius 1 is 1.04 bits per heavy atom. The van der Waals surface area contributed by atoms with E-state index >= 15 is 0 Å². The molecule has 0 saturated heterocycles. The molecule has 0 N–H and O–H groups in total. The first kappa shape index (κ1) is 18.5. The molecular formula is C21H21NO5. The van der Waals surface area contributed by atoms with Crippen molar-refractivity contribution in [2.45, 2.75) is 13.8 Å². The van der Waals surface area contributed by atoms with Gasteiger partial charge in [0.1, 0.15) is 5.76 Å². The molecule has 1 heterocycles. The van der Waals surface area contributed by atoms with Crippen molar-refractivity contribution in [1.29, 1.82) is 0 Å². The van der Waals surface area contributed by atoms with E-state index in [1.54, 1.807) is 12.1 Å². The number of imide groups is 1. The molecule has 0 atom stereocenters. The highest BCUT2D eigenvalue weighted by molar-refractivity contribution is 6.43. The predicted molar refractivity (Wildman–Crippen MR) is 103 cm³/mol. The van der Waals surface area contributed by atoms with Crippen LogP contribution in [-0.4, -0.2) is 32.6 Å². The zero-order valence-corrected chi connectivity index (χ0v) is 15.7. The molecule has 6 heteroatoms. The molecule has 1 aliphatic heterocycles. The van der Waals surface area contributed by atoms with Crippen molar-refractivity contribution in [3.05, 3.63) is 53.6 Å². The summed E-state index contributed by atoms with van der Waals surface area (Å²) in [6, 6.07) is 12.7. The molecule has 2 aromatic carbocycles. The fourth-order valence-electron chi connectivity index (χ4n) is 3.16. The van der Waals surface area contributed by atoms with Crippen molar-refractivity contribution in [3.8, 4) is 11.5 Å². The van der Waals surface area contributed by atoms with E-state index in [4.69, 9.17) is 14.2 Å². The zero-order valence-electron chi connectivity index (χ0n) is 15.7. The summed E-state index contributed by atoms with van der Waals surface area (Å²) in [4.78, 5) is 26.5. The lowest BCUT2D eigenvalue weighted by atomic mass is 10.0. The van der Waals surface area contributed by atoms with Crippen molar-refractivity contribution in [2.75, 3.05) is 25.7 Å². The van der Waals surface area contributed by atoms with Crippen LogP contribution in [0.1, 0.15) is 25.0 Å². The average Bonchev–Trinajstić information content (AvgIpc) is 2.96. The Kier molecular flexibility index (Phi) is 5.16. The molecule has 2 amide bonds. The van der Waals surface area contributed by atoms with E-state index in [-0.39, 0.29) is 5.91 Å². The monoisotopic (exact) mass is 367 g/mol. The fourth-order valence-corrected chi connectivity index (χ4v) is 3.16. The van der Waals surface area contributed by atoms with Crippen molar-refractivity contribution < 1.29 is 23.8 Å². The van der Waals surface area contributed by atoms with Crippen LogP contribution in [0.25, 0.3) is 11.3 Å². The number of hydrogen-bond donors (Lipinski definition) is 0. The normalized spacial score (nSPS) is 14.7. The summed E-state index contributed by atoms with van der Waals surface area (Å²) in [6.45, 7) is 3.58. The first-order chi connectivity index (χ1) is 13.0. The molecule has 1 aliphatic rings. The Morgan fingerprint density at radius 2 is 1.67 bits per heavy atom. The summed E-state index contributed by atoms with van der Waals surface area (Å²) in [5.41, 5.74) is 2.11. The van der Waals surface area contributed by atoms with E-state index in [2.05, 4.69) is 0 Å². The van der Waals surface area contributed by atoms with E-state index in [1.807, 2.05) is 37.3 Å². The molecule has 0 bridgehead atoms. The maximum absolute atomic E-state index is 13.2. The predicted octanol–water partition coefficient (Wildman–Crippen LogP) is 3.50. The van der Waals surface area contributed by atoms with Gasteiger partial charge in [0.05, 0.1) is 32.1 Å². The van der Waals surface area contributed by atoms with Crippen LogP contribution >= 0.6 is 0 Å². The number of fused-ring (bicyclic) bond motifs is 1. The lowest BCUT2D eigenvalue weighted by Crippen LogP contribution is -2.31. The van der Waals surface area contributed by atoms with E-state index in [9.17, 15) is 9.59 Å². The molecule has 2 aromatic rings. The average molecular weight is 367 g/mol. The Balaban J connectivity index is 2.34. The number of carbonyl (C=O) groups is 2. The molecule has 27 heavy (non-hydrogen) atoms. The number of benzene rings is 2. The standard InChI is InChI=1S/C21H21NO5/c1-5-27-20(14-9-7-6-8-10-14)19-15-11-17(25-3)18(26-4)12-16(15)22(13(2)23)21(19)24/h6-12H,5H2,1-4H3. The van der Waals surface area contributed by atoms with E-state index < -0.39 is 5.91 Å². The number of rotatable bonds is 5.